The van der Waals surface area contributed by atoms with Gasteiger partial charge in [-0.05, 0) is 43.4 Å². The van der Waals surface area contributed by atoms with Gasteiger partial charge in [0, 0.05) is 12.2 Å². The molecule has 2 rings (SSSR count). The van der Waals surface area contributed by atoms with Crippen molar-refractivity contribution in [3.05, 3.63) is 29.8 Å². The summed E-state index contributed by atoms with van der Waals surface area (Å²) in [6.07, 6.45) is -2.55. The van der Waals surface area contributed by atoms with Crippen LogP contribution >= 0.6 is 0 Å². The Morgan fingerprint density at radius 2 is 2.10 bits per heavy atom. The normalized spacial score (nSPS) is 22.1. The van der Waals surface area contributed by atoms with Gasteiger partial charge in [-0.15, -0.1) is 0 Å². The van der Waals surface area contributed by atoms with Gasteiger partial charge in [0.25, 0.3) is 0 Å². The van der Waals surface area contributed by atoms with E-state index in [1.165, 1.54) is 12.1 Å². The fourth-order valence-electron chi connectivity index (χ4n) is 2.42. The second-order valence-electron chi connectivity index (χ2n) is 5.25. The Morgan fingerprint density at radius 3 is 2.71 bits per heavy atom. The van der Waals surface area contributed by atoms with Crippen molar-refractivity contribution >= 4 is 11.7 Å². The predicted octanol–water partition coefficient (Wildman–Crippen LogP) is 2.99. The third-order valence-corrected chi connectivity index (χ3v) is 3.51. The largest absolute Gasteiger partial charge is 0.416 e. The van der Waals surface area contributed by atoms with Crippen LogP contribution < -0.4 is 10.6 Å². The quantitative estimate of drug-likeness (QED) is 0.804. The highest BCUT2D eigenvalue weighted by atomic mass is 19.4. The zero-order chi connectivity index (χ0) is 15.5. The standard InChI is InChI=1S/C14H17F3N2O2/c15-14(16,17)10-2-1-3-11(7-10)19-13(21)18-8-9-4-5-12(20)6-9/h1-3,7,9,12,20H,4-6,8H2,(H2,18,19,21). The molecule has 0 aliphatic heterocycles. The van der Waals surface area contributed by atoms with Crippen LogP contribution in [0.3, 0.4) is 0 Å². The fourth-order valence-corrected chi connectivity index (χ4v) is 2.42. The molecule has 1 aliphatic rings. The lowest BCUT2D eigenvalue weighted by atomic mass is 10.1. The number of nitrogens with one attached hydrogen (secondary N) is 2. The monoisotopic (exact) mass is 302 g/mol. The molecule has 0 bridgehead atoms. The number of benzene rings is 1. The Bertz CT molecular complexity index is 505. The molecule has 0 aromatic heterocycles. The minimum absolute atomic E-state index is 0.0915. The lowest BCUT2D eigenvalue weighted by Gasteiger charge is -2.13. The number of hydrogen-bond acceptors (Lipinski definition) is 2. The highest BCUT2D eigenvalue weighted by molar-refractivity contribution is 5.89. The van der Waals surface area contributed by atoms with Gasteiger partial charge in [-0.25, -0.2) is 4.79 Å². The summed E-state index contributed by atoms with van der Waals surface area (Å²) in [5, 5.41) is 14.4. The van der Waals surface area contributed by atoms with E-state index >= 15 is 0 Å². The summed E-state index contributed by atoms with van der Waals surface area (Å²) in [6, 6.07) is 3.93. The molecule has 2 amide bonds. The highest BCUT2D eigenvalue weighted by Crippen LogP contribution is 2.30. The molecule has 1 aromatic rings. The number of halogens is 3. The predicted molar refractivity (Wildman–Crippen MR) is 71.8 cm³/mol. The van der Waals surface area contributed by atoms with Crippen molar-refractivity contribution < 1.29 is 23.1 Å². The SMILES string of the molecule is O=C(NCC1CCC(O)C1)Nc1cccc(C(F)(F)F)c1. The van der Waals surface area contributed by atoms with E-state index < -0.39 is 17.8 Å². The zero-order valence-corrected chi connectivity index (χ0v) is 11.3. The van der Waals surface area contributed by atoms with Crippen LogP contribution in [0.15, 0.2) is 24.3 Å². The number of carbonyl (C=O) groups is 1. The van der Waals surface area contributed by atoms with Crippen molar-refractivity contribution in [2.24, 2.45) is 5.92 Å². The highest BCUT2D eigenvalue weighted by Gasteiger charge is 2.30. The van der Waals surface area contributed by atoms with Crippen LogP contribution in [0.25, 0.3) is 0 Å². The van der Waals surface area contributed by atoms with Gasteiger partial charge in [0.15, 0.2) is 0 Å². The number of alkyl halides is 3. The number of urea groups is 1. The number of hydrogen-bond donors (Lipinski definition) is 3. The minimum Gasteiger partial charge on any atom is -0.393 e. The Labute approximate surface area is 120 Å². The molecule has 0 radical (unpaired) electrons. The Kier molecular flexibility index (Phi) is 4.72. The van der Waals surface area contributed by atoms with Crippen molar-refractivity contribution in [1.29, 1.82) is 0 Å². The van der Waals surface area contributed by atoms with Crippen LogP contribution in [0.4, 0.5) is 23.7 Å². The van der Waals surface area contributed by atoms with Gasteiger partial charge in [-0.2, -0.15) is 13.2 Å². The van der Waals surface area contributed by atoms with E-state index in [1.54, 1.807) is 0 Å². The number of anilines is 1. The number of aliphatic hydroxyl groups is 1. The van der Waals surface area contributed by atoms with E-state index in [-0.39, 0.29) is 17.7 Å². The van der Waals surface area contributed by atoms with Gasteiger partial charge < -0.3 is 15.7 Å². The van der Waals surface area contributed by atoms with Gasteiger partial charge >= 0.3 is 12.2 Å². The first kappa shape index (κ1) is 15.6. The molecular formula is C14H17F3N2O2. The summed E-state index contributed by atoms with van der Waals surface area (Å²) < 4.78 is 37.6. The van der Waals surface area contributed by atoms with Crippen LogP contribution in [-0.2, 0) is 6.18 Å². The van der Waals surface area contributed by atoms with Crippen molar-refractivity contribution in [3.63, 3.8) is 0 Å². The summed E-state index contributed by atoms with van der Waals surface area (Å²) in [4.78, 5) is 11.6. The van der Waals surface area contributed by atoms with Crippen molar-refractivity contribution in [2.45, 2.75) is 31.5 Å². The van der Waals surface area contributed by atoms with E-state index in [2.05, 4.69) is 10.6 Å². The van der Waals surface area contributed by atoms with Gasteiger partial charge in [-0.1, -0.05) is 6.07 Å². The molecule has 116 valence electrons. The summed E-state index contributed by atoms with van der Waals surface area (Å²) in [6.45, 7) is 0.405. The average Bonchev–Trinajstić information content (AvgIpc) is 2.82. The maximum absolute atomic E-state index is 12.5. The Hall–Kier alpha value is -1.76. The Balaban J connectivity index is 1.85. The molecule has 0 heterocycles. The van der Waals surface area contributed by atoms with Gasteiger partial charge in [0.05, 0.1) is 11.7 Å². The summed E-state index contributed by atoms with van der Waals surface area (Å²) in [7, 11) is 0. The average molecular weight is 302 g/mol. The molecule has 1 fully saturated rings. The number of aliphatic hydroxyl groups excluding tert-OH is 1. The molecule has 1 aliphatic carbocycles. The maximum Gasteiger partial charge on any atom is 0.416 e. The van der Waals surface area contributed by atoms with E-state index in [0.717, 1.165) is 25.0 Å². The molecule has 0 spiro atoms. The third-order valence-electron chi connectivity index (χ3n) is 3.51. The second kappa shape index (κ2) is 6.34. The number of amides is 2. The van der Waals surface area contributed by atoms with Crippen LogP contribution in [0, 0.1) is 5.92 Å². The topological polar surface area (TPSA) is 61.4 Å². The zero-order valence-electron chi connectivity index (χ0n) is 11.3. The molecule has 7 heteroatoms. The van der Waals surface area contributed by atoms with Crippen LogP contribution in [-0.4, -0.2) is 23.8 Å². The first-order valence-corrected chi connectivity index (χ1v) is 6.75. The molecule has 3 N–H and O–H groups in total. The summed E-state index contributed by atoms with van der Waals surface area (Å²) in [5.41, 5.74) is -0.715. The van der Waals surface area contributed by atoms with Gasteiger partial charge in [0.1, 0.15) is 0 Å². The van der Waals surface area contributed by atoms with Crippen molar-refractivity contribution in [2.75, 3.05) is 11.9 Å². The minimum atomic E-state index is -4.44. The van der Waals surface area contributed by atoms with E-state index in [9.17, 15) is 23.1 Å². The van der Waals surface area contributed by atoms with E-state index in [4.69, 9.17) is 0 Å². The van der Waals surface area contributed by atoms with Crippen molar-refractivity contribution in [3.8, 4) is 0 Å². The molecule has 21 heavy (non-hydrogen) atoms. The van der Waals surface area contributed by atoms with Gasteiger partial charge in [0.2, 0.25) is 0 Å². The number of rotatable bonds is 3. The van der Waals surface area contributed by atoms with Crippen LogP contribution in [0.1, 0.15) is 24.8 Å². The molecule has 2 unspecified atom stereocenters. The van der Waals surface area contributed by atoms with E-state index in [0.29, 0.717) is 13.0 Å². The summed E-state index contributed by atoms with van der Waals surface area (Å²) in [5.74, 6) is 0.215. The maximum atomic E-state index is 12.5. The van der Waals surface area contributed by atoms with E-state index in [1.807, 2.05) is 0 Å². The number of carbonyl (C=O) groups excluding carboxylic acids is 1. The second-order valence-corrected chi connectivity index (χ2v) is 5.25. The lowest BCUT2D eigenvalue weighted by Crippen LogP contribution is -2.32. The summed E-state index contributed by atoms with van der Waals surface area (Å²) >= 11 is 0. The smallest absolute Gasteiger partial charge is 0.393 e. The fraction of sp³-hybridized carbons (Fsp3) is 0.500. The molecule has 1 aromatic carbocycles. The molecule has 1 saturated carbocycles. The Morgan fingerprint density at radius 1 is 1.33 bits per heavy atom. The van der Waals surface area contributed by atoms with Crippen LogP contribution in [0.5, 0.6) is 0 Å². The molecule has 4 nitrogen and oxygen atoms in total. The van der Waals surface area contributed by atoms with Crippen molar-refractivity contribution in [1.82, 2.24) is 5.32 Å². The third kappa shape index (κ3) is 4.63. The molecular weight excluding hydrogens is 285 g/mol. The first-order valence-electron chi connectivity index (χ1n) is 6.75. The van der Waals surface area contributed by atoms with Gasteiger partial charge in [-0.3, -0.25) is 0 Å². The first-order chi connectivity index (χ1) is 9.84. The molecule has 0 saturated heterocycles. The lowest BCUT2D eigenvalue weighted by molar-refractivity contribution is -0.137. The van der Waals surface area contributed by atoms with Crippen LogP contribution in [0.2, 0.25) is 0 Å². The molecule has 2 atom stereocenters.